The predicted octanol–water partition coefficient (Wildman–Crippen LogP) is 4.00. The lowest BCUT2D eigenvalue weighted by atomic mass is 10.2. The van der Waals surface area contributed by atoms with Crippen LogP contribution in [0.2, 0.25) is 0 Å². The molecule has 0 saturated heterocycles. The number of hydrogen-bond donors (Lipinski definition) is 0. The molecule has 0 aliphatic heterocycles. The van der Waals surface area contributed by atoms with Crippen LogP contribution in [0.25, 0.3) is 0 Å². The number of benzene rings is 2. The molecule has 5 heteroatoms. The molecule has 25 heavy (non-hydrogen) atoms. The van der Waals surface area contributed by atoms with Crippen LogP contribution in [-0.2, 0) is 0 Å². The Kier molecular flexibility index (Phi) is 8.43. The van der Waals surface area contributed by atoms with Crippen molar-refractivity contribution >= 4 is 11.6 Å². The van der Waals surface area contributed by atoms with Crippen LogP contribution in [0.15, 0.2) is 48.5 Å². The van der Waals surface area contributed by atoms with E-state index in [2.05, 4.69) is 4.90 Å². The minimum atomic E-state index is 0.571. The van der Waals surface area contributed by atoms with E-state index in [1.54, 1.807) is 7.11 Å². The molecule has 4 nitrogen and oxygen atoms in total. The van der Waals surface area contributed by atoms with E-state index >= 15 is 0 Å². The third-order valence-electron chi connectivity index (χ3n) is 3.89. The Morgan fingerprint density at radius 2 is 1.36 bits per heavy atom. The average molecular weight is 364 g/mol. The molecule has 2 aromatic carbocycles. The Balaban J connectivity index is 1.77. The summed E-state index contributed by atoms with van der Waals surface area (Å²) in [5.41, 5.74) is 1.14. The van der Waals surface area contributed by atoms with Crippen LogP contribution in [0.1, 0.15) is 5.56 Å². The largest absolute Gasteiger partial charge is 0.493 e. The van der Waals surface area contributed by atoms with Gasteiger partial charge in [0.25, 0.3) is 0 Å². The molecular formula is C20H26ClNO3. The summed E-state index contributed by atoms with van der Waals surface area (Å²) in [7, 11) is 1.64. The normalized spacial score (nSPS) is 10.7. The topological polar surface area (TPSA) is 30.9 Å². The lowest BCUT2D eigenvalue weighted by molar-refractivity contribution is 0.180. The van der Waals surface area contributed by atoms with Crippen molar-refractivity contribution in [3.05, 3.63) is 54.1 Å². The number of methoxy groups -OCH3 is 1. The zero-order chi connectivity index (χ0) is 17.9. The molecule has 136 valence electrons. The van der Waals surface area contributed by atoms with Gasteiger partial charge in [-0.1, -0.05) is 30.3 Å². The van der Waals surface area contributed by atoms with E-state index in [9.17, 15) is 0 Å². The van der Waals surface area contributed by atoms with Gasteiger partial charge in [-0.3, -0.25) is 4.90 Å². The summed E-state index contributed by atoms with van der Waals surface area (Å²) in [6, 6.07) is 15.7. The fraction of sp³-hybridized carbons (Fsp3) is 0.400. The first-order chi connectivity index (χ1) is 12.2. The summed E-state index contributed by atoms with van der Waals surface area (Å²) in [5.74, 6) is 3.01. The molecule has 0 fully saturated rings. The summed E-state index contributed by atoms with van der Waals surface area (Å²) in [6.45, 7) is 5.62. The highest BCUT2D eigenvalue weighted by Gasteiger charge is 2.07. The summed E-state index contributed by atoms with van der Waals surface area (Å²) < 4.78 is 17.0. The molecule has 0 aromatic heterocycles. The van der Waals surface area contributed by atoms with E-state index in [-0.39, 0.29) is 0 Å². The van der Waals surface area contributed by atoms with Gasteiger partial charge >= 0.3 is 0 Å². The second kappa shape index (κ2) is 10.9. The SMILES string of the molecule is COc1ccccc1OCCN(CCCl)CCOc1ccccc1C. The van der Waals surface area contributed by atoms with Gasteiger partial charge < -0.3 is 14.2 Å². The van der Waals surface area contributed by atoms with Crippen LogP contribution in [0, 0.1) is 6.92 Å². The first-order valence-corrected chi connectivity index (χ1v) is 9.00. The monoisotopic (exact) mass is 363 g/mol. The van der Waals surface area contributed by atoms with Crippen LogP contribution < -0.4 is 14.2 Å². The van der Waals surface area contributed by atoms with Gasteiger partial charge in [-0.25, -0.2) is 0 Å². The van der Waals surface area contributed by atoms with Gasteiger partial charge in [-0.05, 0) is 30.7 Å². The van der Waals surface area contributed by atoms with Crippen molar-refractivity contribution < 1.29 is 14.2 Å². The molecule has 0 heterocycles. The summed E-state index contributed by atoms with van der Waals surface area (Å²) in [4.78, 5) is 2.24. The van der Waals surface area contributed by atoms with Crippen LogP contribution in [-0.4, -0.2) is 50.7 Å². The number of halogens is 1. The number of aryl methyl sites for hydroxylation is 1. The number of nitrogens with zero attached hydrogens (tertiary/aromatic N) is 1. The van der Waals surface area contributed by atoms with Crippen LogP contribution >= 0.6 is 11.6 Å². The summed E-state index contributed by atoms with van der Waals surface area (Å²) in [6.07, 6.45) is 0. The van der Waals surface area contributed by atoms with E-state index in [0.717, 1.165) is 42.4 Å². The maximum atomic E-state index is 5.92. The fourth-order valence-corrected chi connectivity index (χ4v) is 2.72. The molecule has 2 aromatic rings. The van der Waals surface area contributed by atoms with Gasteiger partial charge in [-0.15, -0.1) is 11.6 Å². The third-order valence-corrected chi connectivity index (χ3v) is 4.06. The standard InChI is InChI=1S/C20H26ClNO3/c1-17-7-3-4-8-18(17)24-15-13-22(12-11-21)14-16-25-20-10-6-5-9-19(20)23-2/h3-10H,11-16H2,1-2H3. The Morgan fingerprint density at radius 1 is 0.800 bits per heavy atom. The third kappa shape index (κ3) is 6.48. The van der Waals surface area contributed by atoms with Gasteiger partial charge in [0.05, 0.1) is 7.11 Å². The first kappa shape index (κ1) is 19.4. The van der Waals surface area contributed by atoms with Crippen molar-refractivity contribution in [3.8, 4) is 17.2 Å². The summed E-state index contributed by atoms with van der Waals surface area (Å²) >= 11 is 5.92. The van der Waals surface area contributed by atoms with Gasteiger partial charge in [0.15, 0.2) is 11.5 Å². The van der Waals surface area contributed by atoms with Crippen LogP contribution in [0.3, 0.4) is 0 Å². The van der Waals surface area contributed by atoms with Crippen molar-refractivity contribution in [2.24, 2.45) is 0 Å². The highest BCUT2D eigenvalue weighted by Crippen LogP contribution is 2.25. The van der Waals surface area contributed by atoms with E-state index < -0.39 is 0 Å². The van der Waals surface area contributed by atoms with Gasteiger partial charge in [0.1, 0.15) is 19.0 Å². The van der Waals surface area contributed by atoms with Gasteiger partial charge in [0, 0.05) is 25.5 Å². The molecule has 0 amide bonds. The quantitative estimate of drug-likeness (QED) is 0.564. The number of para-hydroxylation sites is 3. The second-order valence-corrected chi connectivity index (χ2v) is 6.02. The molecule has 0 atom stereocenters. The lowest BCUT2D eigenvalue weighted by Gasteiger charge is -2.22. The van der Waals surface area contributed by atoms with E-state index in [1.165, 1.54) is 0 Å². The smallest absolute Gasteiger partial charge is 0.161 e. The zero-order valence-corrected chi connectivity index (χ0v) is 15.7. The van der Waals surface area contributed by atoms with E-state index in [0.29, 0.717) is 19.1 Å². The molecule has 0 spiro atoms. The lowest BCUT2D eigenvalue weighted by Crippen LogP contribution is -2.34. The predicted molar refractivity (Wildman–Crippen MR) is 102 cm³/mol. The number of rotatable bonds is 11. The number of alkyl halides is 1. The Morgan fingerprint density at radius 3 is 1.96 bits per heavy atom. The van der Waals surface area contributed by atoms with E-state index in [1.807, 2.05) is 55.5 Å². The molecule has 0 N–H and O–H groups in total. The Labute approximate surface area is 155 Å². The Hall–Kier alpha value is -1.91. The van der Waals surface area contributed by atoms with Crippen molar-refractivity contribution in [1.82, 2.24) is 4.90 Å². The summed E-state index contributed by atoms with van der Waals surface area (Å²) in [5, 5.41) is 0. The minimum absolute atomic E-state index is 0.571. The molecule has 0 saturated carbocycles. The Bertz CT molecular complexity index is 636. The van der Waals surface area contributed by atoms with Crippen LogP contribution in [0.5, 0.6) is 17.2 Å². The minimum Gasteiger partial charge on any atom is -0.493 e. The van der Waals surface area contributed by atoms with Crippen molar-refractivity contribution in [2.45, 2.75) is 6.92 Å². The molecule has 0 radical (unpaired) electrons. The number of ether oxygens (including phenoxy) is 3. The fourth-order valence-electron chi connectivity index (χ4n) is 2.48. The second-order valence-electron chi connectivity index (χ2n) is 5.64. The zero-order valence-electron chi connectivity index (χ0n) is 14.9. The highest BCUT2D eigenvalue weighted by atomic mass is 35.5. The average Bonchev–Trinajstić information content (AvgIpc) is 2.63. The number of hydrogen-bond acceptors (Lipinski definition) is 4. The molecule has 0 aliphatic carbocycles. The molecular weight excluding hydrogens is 338 g/mol. The molecule has 0 unspecified atom stereocenters. The maximum Gasteiger partial charge on any atom is 0.161 e. The maximum absolute atomic E-state index is 5.92. The molecule has 0 bridgehead atoms. The van der Waals surface area contributed by atoms with E-state index in [4.69, 9.17) is 25.8 Å². The van der Waals surface area contributed by atoms with Gasteiger partial charge in [-0.2, -0.15) is 0 Å². The molecule has 0 aliphatic rings. The first-order valence-electron chi connectivity index (χ1n) is 8.47. The highest BCUT2D eigenvalue weighted by molar-refractivity contribution is 6.18. The van der Waals surface area contributed by atoms with Crippen LogP contribution in [0.4, 0.5) is 0 Å². The van der Waals surface area contributed by atoms with Gasteiger partial charge in [0.2, 0.25) is 0 Å². The van der Waals surface area contributed by atoms with Crippen molar-refractivity contribution in [3.63, 3.8) is 0 Å². The van der Waals surface area contributed by atoms with Crippen molar-refractivity contribution in [1.29, 1.82) is 0 Å². The van der Waals surface area contributed by atoms with Crippen molar-refractivity contribution in [2.75, 3.05) is 45.8 Å². The molecule has 2 rings (SSSR count).